The quantitative estimate of drug-likeness (QED) is 0.0626. The van der Waals surface area contributed by atoms with Crippen molar-refractivity contribution < 1.29 is 23.3 Å². The topological polar surface area (TPSA) is 109 Å². The molecule has 3 fully saturated rings. The summed E-state index contributed by atoms with van der Waals surface area (Å²) in [5.74, 6) is 6.80. The molecule has 3 aliphatic carbocycles. The number of hydrogen-bond acceptors (Lipinski definition) is 6. The van der Waals surface area contributed by atoms with Crippen molar-refractivity contribution in [1.82, 2.24) is 16.0 Å². The SMILES string of the molecule is CNCCOP(=O)(O)OCCCCCC(=O)NCCCNCC(C)C1(C)CC(C)CC2C1CCC1(C)C2CCC1[C@H](C)CCCC(C)C. The summed E-state index contributed by atoms with van der Waals surface area (Å²) in [6.07, 6.45) is 16.3. The first-order valence-corrected chi connectivity index (χ1v) is 21.5. The molecule has 0 aromatic carbocycles. The van der Waals surface area contributed by atoms with E-state index in [1.807, 2.05) is 0 Å². The Hall–Kier alpha value is -0.500. The maximum absolute atomic E-state index is 12.3. The number of likely N-dealkylation sites (N-methyl/N-ethyl adjacent to an activating group) is 1. The Balaban J connectivity index is 1.34. The number of rotatable bonds is 23. The van der Waals surface area contributed by atoms with Crippen LogP contribution in [0.5, 0.6) is 0 Å². The third-order valence-corrected chi connectivity index (χ3v) is 14.3. The minimum Gasteiger partial charge on any atom is -0.356 e. The molecule has 48 heavy (non-hydrogen) atoms. The molecule has 0 spiro atoms. The van der Waals surface area contributed by atoms with Crippen LogP contribution in [0.2, 0.25) is 0 Å². The van der Waals surface area contributed by atoms with Gasteiger partial charge in [0.25, 0.3) is 0 Å². The Morgan fingerprint density at radius 2 is 1.67 bits per heavy atom. The van der Waals surface area contributed by atoms with Gasteiger partial charge in [-0.15, -0.1) is 0 Å². The van der Waals surface area contributed by atoms with Crippen molar-refractivity contribution in [3.8, 4) is 0 Å². The maximum atomic E-state index is 12.3. The van der Waals surface area contributed by atoms with Crippen LogP contribution in [0.15, 0.2) is 0 Å². The van der Waals surface area contributed by atoms with Crippen LogP contribution in [-0.2, 0) is 18.4 Å². The lowest BCUT2D eigenvalue weighted by atomic mass is 9.45. The van der Waals surface area contributed by atoms with Crippen LogP contribution in [0.25, 0.3) is 0 Å². The zero-order valence-electron chi connectivity index (χ0n) is 32.3. The Bertz CT molecular complexity index is 999. The normalized spacial score (nSPS) is 32.8. The molecule has 0 aromatic heterocycles. The molecular formula is C39H76N3O5P. The molecule has 8 nitrogen and oxygen atoms in total. The van der Waals surface area contributed by atoms with E-state index >= 15 is 0 Å². The van der Waals surface area contributed by atoms with Crippen molar-refractivity contribution in [2.45, 2.75) is 138 Å². The lowest BCUT2D eigenvalue weighted by Gasteiger charge is -2.60. The Morgan fingerprint density at radius 3 is 2.40 bits per heavy atom. The van der Waals surface area contributed by atoms with Crippen LogP contribution in [0.3, 0.4) is 0 Å². The second kappa shape index (κ2) is 19.9. The third kappa shape index (κ3) is 12.0. The summed E-state index contributed by atoms with van der Waals surface area (Å²) < 4.78 is 21.6. The highest BCUT2D eigenvalue weighted by atomic mass is 31.2. The average Bonchev–Trinajstić information content (AvgIpc) is 3.37. The zero-order chi connectivity index (χ0) is 35.4. The molecule has 0 heterocycles. The summed E-state index contributed by atoms with van der Waals surface area (Å²) in [6.45, 7) is 21.1. The van der Waals surface area contributed by atoms with Crippen LogP contribution in [0, 0.1) is 58.2 Å². The van der Waals surface area contributed by atoms with E-state index < -0.39 is 7.82 Å². The van der Waals surface area contributed by atoms with Crippen molar-refractivity contribution in [3.05, 3.63) is 0 Å². The number of unbranched alkanes of at least 4 members (excludes halogenated alkanes) is 2. The van der Waals surface area contributed by atoms with E-state index in [1.54, 1.807) is 7.05 Å². The molecule has 4 N–H and O–H groups in total. The molecule has 282 valence electrons. The number of amides is 1. The molecule has 3 saturated carbocycles. The van der Waals surface area contributed by atoms with Gasteiger partial charge in [-0.3, -0.25) is 13.8 Å². The Kier molecular flexibility index (Phi) is 17.4. The Labute approximate surface area is 295 Å². The molecule has 9 unspecified atom stereocenters. The van der Waals surface area contributed by atoms with E-state index in [0.29, 0.717) is 42.7 Å². The molecule has 10 atom stereocenters. The number of fused-ring (bicyclic) bond motifs is 3. The van der Waals surface area contributed by atoms with Gasteiger partial charge in [0, 0.05) is 19.5 Å². The van der Waals surface area contributed by atoms with Gasteiger partial charge in [0.15, 0.2) is 0 Å². The number of carbonyl (C=O) groups excluding carboxylic acids is 1. The van der Waals surface area contributed by atoms with E-state index in [2.05, 4.69) is 64.4 Å². The molecule has 1 amide bonds. The number of nitrogens with one attached hydrogen (secondary N) is 3. The fourth-order valence-corrected chi connectivity index (χ4v) is 11.4. The largest absolute Gasteiger partial charge is 0.472 e. The number of phosphoric ester groups is 1. The molecule has 0 aliphatic heterocycles. The number of phosphoric acid groups is 1. The summed E-state index contributed by atoms with van der Waals surface area (Å²) >= 11 is 0. The number of carbonyl (C=O) groups is 1. The molecule has 9 heteroatoms. The van der Waals surface area contributed by atoms with Crippen LogP contribution in [-0.4, -0.2) is 57.2 Å². The molecule has 0 radical (unpaired) electrons. The van der Waals surface area contributed by atoms with Gasteiger partial charge in [-0.2, -0.15) is 0 Å². The lowest BCUT2D eigenvalue weighted by Crippen LogP contribution is -2.53. The van der Waals surface area contributed by atoms with Gasteiger partial charge in [-0.25, -0.2) is 4.57 Å². The highest BCUT2D eigenvalue weighted by molar-refractivity contribution is 7.47. The van der Waals surface area contributed by atoms with Gasteiger partial charge in [-0.05, 0) is 136 Å². The predicted octanol–water partition coefficient (Wildman–Crippen LogP) is 8.59. The lowest BCUT2D eigenvalue weighted by molar-refractivity contribution is -0.121. The molecule has 0 aromatic rings. The summed E-state index contributed by atoms with van der Waals surface area (Å²) in [7, 11) is -2.24. The highest BCUT2D eigenvalue weighted by Gasteiger charge is 2.59. The summed E-state index contributed by atoms with van der Waals surface area (Å²) in [5.41, 5.74) is 0.939. The summed E-state index contributed by atoms with van der Waals surface area (Å²) in [4.78, 5) is 21.9. The minimum absolute atomic E-state index is 0.0747. The van der Waals surface area contributed by atoms with Crippen molar-refractivity contribution in [3.63, 3.8) is 0 Å². The molecular weight excluding hydrogens is 621 g/mol. The van der Waals surface area contributed by atoms with Crippen molar-refractivity contribution in [1.29, 1.82) is 0 Å². The van der Waals surface area contributed by atoms with Crippen LogP contribution < -0.4 is 16.0 Å². The van der Waals surface area contributed by atoms with Crippen LogP contribution in [0.4, 0.5) is 0 Å². The zero-order valence-corrected chi connectivity index (χ0v) is 33.2. The second-order valence-corrected chi connectivity index (χ2v) is 18.8. The van der Waals surface area contributed by atoms with Gasteiger partial charge in [0.2, 0.25) is 5.91 Å². The van der Waals surface area contributed by atoms with E-state index in [0.717, 1.165) is 73.8 Å². The van der Waals surface area contributed by atoms with Gasteiger partial charge in [0.05, 0.1) is 13.2 Å². The van der Waals surface area contributed by atoms with Crippen LogP contribution >= 0.6 is 7.82 Å². The van der Waals surface area contributed by atoms with Crippen molar-refractivity contribution in [2.75, 3.05) is 46.4 Å². The standard InChI is InChI=1S/C39H76N3O5P/c1-29(2)14-12-15-31(4)34-17-18-35-33-26-30(3)27-39(7,36(33)19-20-38(34,35)6)32(5)28-41-21-13-22-42-37(43)16-10-9-11-24-46-48(44,45)47-25-23-40-8/h29-36,40-41H,9-28H2,1-8H3,(H,42,43)(H,44,45)/t30?,31-,32?,33?,34?,35?,36?,38?,39?/m1/s1. The molecule has 0 saturated heterocycles. The minimum atomic E-state index is -3.98. The fourth-order valence-electron chi connectivity index (χ4n) is 10.6. The molecule has 3 aliphatic rings. The van der Waals surface area contributed by atoms with Gasteiger partial charge >= 0.3 is 7.82 Å². The van der Waals surface area contributed by atoms with Gasteiger partial charge in [0.1, 0.15) is 0 Å². The number of hydrogen-bond donors (Lipinski definition) is 4. The van der Waals surface area contributed by atoms with E-state index in [-0.39, 0.29) is 19.1 Å². The van der Waals surface area contributed by atoms with Crippen molar-refractivity contribution in [2.24, 2.45) is 58.2 Å². The van der Waals surface area contributed by atoms with Crippen molar-refractivity contribution >= 4 is 13.7 Å². The summed E-state index contributed by atoms with van der Waals surface area (Å²) in [6, 6.07) is 0. The molecule has 0 bridgehead atoms. The smallest absolute Gasteiger partial charge is 0.356 e. The third-order valence-electron chi connectivity index (χ3n) is 13.3. The molecule has 3 rings (SSSR count). The highest BCUT2D eigenvalue weighted by Crippen LogP contribution is 2.67. The monoisotopic (exact) mass is 698 g/mol. The van der Waals surface area contributed by atoms with E-state index in [1.165, 1.54) is 57.8 Å². The van der Waals surface area contributed by atoms with E-state index in [4.69, 9.17) is 9.05 Å². The van der Waals surface area contributed by atoms with Gasteiger partial charge < -0.3 is 20.8 Å². The van der Waals surface area contributed by atoms with E-state index in [9.17, 15) is 14.3 Å². The van der Waals surface area contributed by atoms with Crippen LogP contribution in [0.1, 0.15) is 138 Å². The summed E-state index contributed by atoms with van der Waals surface area (Å²) in [5, 5.41) is 9.68. The first-order chi connectivity index (χ1) is 22.7. The fraction of sp³-hybridized carbons (Fsp3) is 0.974. The first-order valence-electron chi connectivity index (χ1n) is 20.0. The predicted molar refractivity (Wildman–Crippen MR) is 199 cm³/mol. The van der Waals surface area contributed by atoms with Gasteiger partial charge in [-0.1, -0.05) is 74.1 Å². The second-order valence-electron chi connectivity index (χ2n) is 17.3. The first kappa shape index (κ1) is 41.9. The Morgan fingerprint density at radius 1 is 0.917 bits per heavy atom. The average molecular weight is 698 g/mol. The maximum Gasteiger partial charge on any atom is 0.472 e.